The van der Waals surface area contributed by atoms with Crippen molar-refractivity contribution in [3.05, 3.63) is 66.6 Å². The molecular formula is C15H17NO3S. The summed E-state index contributed by atoms with van der Waals surface area (Å²) in [4.78, 5) is 0.240. The van der Waals surface area contributed by atoms with Crippen LogP contribution >= 0.6 is 0 Å². The zero-order chi connectivity index (χ0) is 14.6. The third kappa shape index (κ3) is 3.37. The van der Waals surface area contributed by atoms with Crippen LogP contribution in [0.25, 0.3) is 0 Å². The van der Waals surface area contributed by atoms with Crippen LogP contribution < -0.4 is 4.72 Å². The van der Waals surface area contributed by atoms with Crippen molar-refractivity contribution in [2.75, 3.05) is 0 Å². The maximum Gasteiger partial charge on any atom is 0.241 e. The molecule has 20 heavy (non-hydrogen) atoms. The Kier molecular flexibility index (Phi) is 4.42. The number of hydrogen-bond acceptors (Lipinski definition) is 3. The van der Waals surface area contributed by atoms with Crippen molar-refractivity contribution in [2.45, 2.75) is 24.3 Å². The fourth-order valence-electron chi connectivity index (χ4n) is 1.85. The monoisotopic (exact) mass is 291 g/mol. The van der Waals surface area contributed by atoms with Gasteiger partial charge in [0.05, 0.1) is 17.2 Å². The number of rotatable bonds is 6. The molecule has 2 aromatic rings. The summed E-state index contributed by atoms with van der Waals surface area (Å²) in [5.74, 6) is 0.570. The molecule has 1 atom stereocenters. The van der Waals surface area contributed by atoms with Gasteiger partial charge < -0.3 is 4.42 Å². The van der Waals surface area contributed by atoms with E-state index in [4.69, 9.17) is 4.42 Å². The average molecular weight is 291 g/mol. The topological polar surface area (TPSA) is 59.3 Å². The molecule has 0 aliphatic heterocycles. The van der Waals surface area contributed by atoms with Gasteiger partial charge in [-0.15, -0.1) is 6.58 Å². The van der Waals surface area contributed by atoms with Crippen molar-refractivity contribution in [3.63, 3.8) is 0 Å². The van der Waals surface area contributed by atoms with Crippen molar-refractivity contribution in [2.24, 2.45) is 0 Å². The lowest BCUT2D eigenvalue weighted by Crippen LogP contribution is -2.28. The number of nitrogens with one attached hydrogen (secondary N) is 1. The summed E-state index contributed by atoms with van der Waals surface area (Å²) in [6.45, 7) is 5.56. The highest BCUT2D eigenvalue weighted by atomic mass is 32.2. The van der Waals surface area contributed by atoms with Gasteiger partial charge in [-0.1, -0.05) is 23.8 Å². The summed E-state index contributed by atoms with van der Waals surface area (Å²) in [7, 11) is -3.58. The molecular weight excluding hydrogens is 274 g/mol. The Labute approximate surface area is 119 Å². The zero-order valence-corrected chi connectivity index (χ0v) is 12.1. The van der Waals surface area contributed by atoms with Gasteiger partial charge in [0.2, 0.25) is 10.0 Å². The SMILES string of the molecule is C=CCC(NS(=O)(=O)c1ccc(C)cc1)c1ccco1. The predicted molar refractivity (Wildman–Crippen MR) is 77.8 cm³/mol. The summed E-state index contributed by atoms with van der Waals surface area (Å²) in [5, 5.41) is 0. The van der Waals surface area contributed by atoms with Crippen molar-refractivity contribution in [1.29, 1.82) is 0 Å². The van der Waals surface area contributed by atoms with E-state index in [0.29, 0.717) is 12.2 Å². The van der Waals surface area contributed by atoms with E-state index in [1.807, 2.05) is 6.92 Å². The lowest BCUT2D eigenvalue weighted by molar-refractivity contribution is 0.445. The highest BCUT2D eigenvalue weighted by Gasteiger charge is 2.22. The average Bonchev–Trinajstić information content (AvgIpc) is 2.92. The first-order valence-corrected chi connectivity index (χ1v) is 7.74. The number of sulfonamides is 1. The van der Waals surface area contributed by atoms with Gasteiger partial charge in [0.25, 0.3) is 0 Å². The highest BCUT2D eigenvalue weighted by molar-refractivity contribution is 7.89. The minimum absolute atomic E-state index is 0.240. The van der Waals surface area contributed by atoms with Crippen LogP contribution in [0.5, 0.6) is 0 Å². The number of furan rings is 1. The summed E-state index contributed by atoms with van der Waals surface area (Å²) in [6.07, 6.45) is 3.63. The van der Waals surface area contributed by atoms with Crippen molar-refractivity contribution in [1.82, 2.24) is 4.72 Å². The number of hydrogen-bond donors (Lipinski definition) is 1. The van der Waals surface area contributed by atoms with Gasteiger partial charge in [0, 0.05) is 0 Å². The Hall–Kier alpha value is -1.85. The molecule has 1 unspecified atom stereocenters. The second-order valence-electron chi connectivity index (χ2n) is 4.53. The molecule has 0 saturated heterocycles. The molecule has 0 aliphatic rings. The van der Waals surface area contributed by atoms with Gasteiger partial charge in [0.1, 0.15) is 5.76 Å². The van der Waals surface area contributed by atoms with Crippen LogP contribution in [0.1, 0.15) is 23.8 Å². The van der Waals surface area contributed by atoms with E-state index in [0.717, 1.165) is 5.56 Å². The minimum Gasteiger partial charge on any atom is -0.468 e. The Bertz CT molecular complexity index is 658. The third-order valence-electron chi connectivity index (χ3n) is 2.92. The second kappa shape index (κ2) is 6.07. The fourth-order valence-corrected chi connectivity index (χ4v) is 3.07. The summed E-state index contributed by atoms with van der Waals surface area (Å²) in [5.41, 5.74) is 1.01. The Morgan fingerprint density at radius 2 is 2.00 bits per heavy atom. The van der Waals surface area contributed by atoms with Gasteiger partial charge in [0.15, 0.2) is 0 Å². The molecule has 0 spiro atoms. The van der Waals surface area contributed by atoms with Crippen molar-refractivity contribution in [3.8, 4) is 0 Å². The lowest BCUT2D eigenvalue weighted by Gasteiger charge is -2.15. The van der Waals surface area contributed by atoms with E-state index >= 15 is 0 Å². The number of benzene rings is 1. The molecule has 0 saturated carbocycles. The second-order valence-corrected chi connectivity index (χ2v) is 6.24. The first kappa shape index (κ1) is 14.6. The molecule has 0 bridgehead atoms. The summed E-state index contributed by atoms with van der Waals surface area (Å²) >= 11 is 0. The van der Waals surface area contributed by atoms with E-state index in [1.54, 1.807) is 42.5 Å². The summed E-state index contributed by atoms with van der Waals surface area (Å²) < 4.78 is 32.6. The smallest absolute Gasteiger partial charge is 0.241 e. The highest BCUT2D eigenvalue weighted by Crippen LogP contribution is 2.21. The first-order valence-electron chi connectivity index (χ1n) is 6.26. The van der Waals surface area contributed by atoms with Crippen LogP contribution in [0.4, 0.5) is 0 Å². The van der Waals surface area contributed by atoms with Crippen LogP contribution in [0.3, 0.4) is 0 Å². The normalized spacial score (nSPS) is 13.1. The Balaban J connectivity index is 2.25. The van der Waals surface area contributed by atoms with E-state index in [-0.39, 0.29) is 4.90 Å². The molecule has 2 rings (SSSR count). The molecule has 0 amide bonds. The lowest BCUT2D eigenvalue weighted by atomic mass is 10.2. The largest absolute Gasteiger partial charge is 0.468 e. The zero-order valence-electron chi connectivity index (χ0n) is 11.2. The third-order valence-corrected chi connectivity index (χ3v) is 4.41. The van der Waals surface area contributed by atoms with E-state index < -0.39 is 16.1 Å². The molecule has 106 valence electrons. The van der Waals surface area contributed by atoms with E-state index in [9.17, 15) is 8.42 Å². The first-order chi connectivity index (χ1) is 9.53. The summed E-state index contributed by atoms with van der Waals surface area (Å²) in [6, 6.07) is 9.73. The van der Waals surface area contributed by atoms with Gasteiger partial charge in [-0.3, -0.25) is 0 Å². The molecule has 4 nitrogen and oxygen atoms in total. The number of aryl methyl sites for hydroxylation is 1. The quantitative estimate of drug-likeness (QED) is 0.832. The molecule has 1 N–H and O–H groups in total. The molecule has 1 aromatic carbocycles. The standard InChI is InChI=1S/C15H17NO3S/c1-3-5-14(15-6-4-11-19-15)16-20(17,18)13-9-7-12(2)8-10-13/h3-4,6-11,14,16H,1,5H2,2H3. The van der Waals surface area contributed by atoms with Crippen LogP contribution in [0.15, 0.2) is 64.6 Å². The van der Waals surface area contributed by atoms with Gasteiger partial charge in [-0.05, 0) is 37.6 Å². The predicted octanol–water partition coefficient (Wildman–Crippen LogP) is 3.18. The van der Waals surface area contributed by atoms with Crippen LogP contribution in [-0.4, -0.2) is 8.42 Å². The molecule has 1 aromatic heterocycles. The Morgan fingerprint density at radius 1 is 1.30 bits per heavy atom. The van der Waals surface area contributed by atoms with Crippen LogP contribution in [0, 0.1) is 6.92 Å². The molecule has 5 heteroatoms. The van der Waals surface area contributed by atoms with Crippen LogP contribution in [-0.2, 0) is 10.0 Å². The minimum atomic E-state index is -3.58. The molecule has 1 heterocycles. The van der Waals surface area contributed by atoms with Crippen molar-refractivity contribution < 1.29 is 12.8 Å². The van der Waals surface area contributed by atoms with Gasteiger partial charge >= 0.3 is 0 Å². The molecule has 0 fully saturated rings. The maximum absolute atomic E-state index is 12.3. The van der Waals surface area contributed by atoms with Gasteiger partial charge in [-0.25, -0.2) is 13.1 Å². The van der Waals surface area contributed by atoms with Gasteiger partial charge in [-0.2, -0.15) is 0 Å². The van der Waals surface area contributed by atoms with E-state index in [2.05, 4.69) is 11.3 Å². The molecule has 0 radical (unpaired) electrons. The molecule has 0 aliphatic carbocycles. The Morgan fingerprint density at radius 3 is 2.55 bits per heavy atom. The maximum atomic E-state index is 12.3. The van der Waals surface area contributed by atoms with Crippen molar-refractivity contribution >= 4 is 10.0 Å². The van der Waals surface area contributed by atoms with Crippen LogP contribution in [0.2, 0.25) is 0 Å². The fraction of sp³-hybridized carbons (Fsp3) is 0.200. The van der Waals surface area contributed by atoms with E-state index in [1.165, 1.54) is 6.26 Å².